The number of azide groups is 1. The molecule has 1 aromatic carbocycles. The molecule has 2 saturated heterocycles. The van der Waals surface area contributed by atoms with Gasteiger partial charge in [-0.1, -0.05) is 35.4 Å². The molecule has 2 aliphatic rings. The standard InChI is InChI=1S/C38H55N3O15/c1-20(42)51-29-27(56-35(46)38(8,9)10)26(55-34(45)37(5,6)7)28(30(43)47-11)54-32(29)53-24-22(19-50-33(44)36(2,3)4)52-31(48-12)23(40-41-39)25(24)49-18-21-16-14-13-15-17-21/h13-17,22-29,31-32H,18-19H2,1-12H3/t22-,23-,24-,25-,26+,27+,28-,29-,31+,32-/m1/s1. The first kappa shape index (κ1) is 46.1. The second-order valence-electron chi connectivity index (χ2n) is 16.4. The Labute approximate surface area is 326 Å². The first-order valence-corrected chi connectivity index (χ1v) is 18.1. The van der Waals surface area contributed by atoms with Gasteiger partial charge in [-0.3, -0.25) is 19.2 Å². The lowest BCUT2D eigenvalue weighted by molar-refractivity contribution is -0.347. The Morgan fingerprint density at radius 3 is 1.80 bits per heavy atom. The number of methoxy groups -OCH3 is 2. The highest BCUT2D eigenvalue weighted by atomic mass is 16.8. The highest BCUT2D eigenvalue weighted by molar-refractivity contribution is 5.80. The molecule has 1 aromatic rings. The molecule has 0 aromatic heterocycles. The van der Waals surface area contributed by atoms with Gasteiger partial charge >= 0.3 is 29.8 Å². The van der Waals surface area contributed by atoms with Gasteiger partial charge in [0.25, 0.3) is 0 Å². The van der Waals surface area contributed by atoms with Crippen LogP contribution in [0.4, 0.5) is 0 Å². The van der Waals surface area contributed by atoms with Gasteiger partial charge in [0.15, 0.2) is 37.0 Å². The maximum absolute atomic E-state index is 13.5. The molecule has 0 unspecified atom stereocenters. The molecule has 0 bridgehead atoms. The van der Waals surface area contributed by atoms with Crippen molar-refractivity contribution in [2.45, 2.75) is 137 Å². The highest BCUT2D eigenvalue weighted by Gasteiger charge is 2.59. The van der Waals surface area contributed by atoms with E-state index >= 15 is 0 Å². The third-order valence-corrected chi connectivity index (χ3v) is 8.54. The molecular weight excluding hydrogens is 738 g/mol. The number of carbonyl (C=O) groups excluding carboxylic acids is 5. The summed E-state index contributed by atoms with van der Waals surface area (Å²) in [6.07, 6.45) is -14.0. The molecule has 2 fully saturated rings. The van der Waals surface area contributed by atoms with Crippen LogP contribution in [0.3, 0.4) is 0 Å². The van der Waals surface area contributed by atoms with E-state index in [1.54, 1.807) is 86.6 Å². The lowest BCUT2D eigenvalue weighted by Gasteiger charge is -2.48. The fourth-order valence-electron chi connectivity index (χ4n) is 5.46. The predicted octanol–water partition coefficient (Wildman–Crippen LogP) is 4.34. The van der Waals surface area contributed by atoms with E-state index in [4.69, 9.17) is 47.4 Å². The van der Waals surface area contributed by atoms with Crippen molar-refractivity contribution in [1.29, 1.82) is 0 Å². The molecule has 0 spiro atoms. The van der Waals surface area contributed by atoms with Gasteiger partial charge in [-0.05, 0) is 73.4 Å². The minimum atomic E-state index is -1.83. The average molecular weight is 794 g/mol. The summed E-state index contributed by atoms with van der Waals surface area (Å²) in [7, 11) is 2.38. The Hall–Kier alpha value is -4.32. The van der Waals surface area contributed by atoms with Gasteiger partial charge in [-0.2, -0.15) is 0 Å². The van der Waals surface area contributed by atoms with Crippen LogP contribution in [0, 0.1) is 16.2 Å². The molecule has 0 radical (unpaired) electrons. The Bertz CT molecular complexity index is 1580. The molecule has 18 heteroatoms. The van der Waals surface area contributed by atoms with Crippen molar-refractivity contribution < 1.29 is 71.3 Å². The SMILES string of the molecule is COC(=O)[C@@H]1O[C@@H](O[C@H]2[C@H](OCc3ccccc3)[C@@H](N=[N+]=[N-])[C@@H](OC)O[C@@H]2COC(=O)C(C)(C)C)[C@H](OC(C)=O)[C@@H](OC(=O)C(C)(C)C)[C@@H]1OC(=O)C(C)(C)C. The lowest BCUT2D eigenvalue weighted by Crippen LogP contribution is -2.67. The molecule has 0 amide bonds. The molecule has 2 heterocycles. The third-order valence-electron chi connectivity index (χ3n) is 8.54. The van der Waals surface area contributed by atoms with Gasteiger partial charge in [-0.15, -0.1) is 0 Å². The molecule has 312 valence electrons. The first-order chi connectivity index (χ1) is 26.0. The van der Waals surface area contributed by atoms with Crippen LogP contribution in [0.5, 0.6) is 0 Å². The number of rotatable bonds is 13. The molecule has 18 nitrogen and oxygen atoms in total. The number of nitrogens with zero attached hydrogens (tertiary/aromatic N) is 3. The number of esters is 5. The van der Waals surface area contributed by atoms with Crippen molar-refractivity contribution in [3.8, 4) is 0 Å². The number of hydrogen-bond donors (Lipinski definition) is 0. The van der Waals surface area contributed by atoms with Gasteiger partial charge in [0.2, 0.25) is 0 Å². The van der Waals surface area contributed by atoms with E-state index in [1.165, 1.54) is 7.11 Å². The Morgan fingerprint density at radius 2 is 1.30 bits per heavy atom. The number of ether oxygens (including phenoxy) is 10. The van der Waals surface area contributed by atoms with Crippen LogP contribution in [0.2, 0.25) is 0 Å². The zero-order chi connectivity index (χ0) is 42.2. The summed E-state index contributed by atoms with van der Waals surface area (Å²) in [5, 5.41) is 3.91. The molecule has 0 aliphatic carbocycles. The number of hydrogen-bond acceptors (Lipinski definition) is 16. The maximum Gasteiger partial charge on any atom is 0.339 e. The van der Waals surface area contributed by atoms with Crippen molar-refractivity contribution in [1.82, 2.24) is 0 Å². The third kappa shape index (κ3) is 12.1. The first-order valence-electron chi connectivity index (χ1n) is 18.1. The van der Waals surface area contributed by atoms with Crippen LogP contribution in [0.1, 0.15) is 74.8 Å². The van der Waals surface area contributed by atoms with Crippen LogP contribution in [0.15, 0.2) is 35.4 Å². The normalized spacial score (nSPS) is 28.2. The maximum atomic E-state index is 13.5. The summed E-state index contributed by atoms with van der Waals surface area (Å²) in [6.45, 7) is 14.9. The van der Waals surface area contributed by atoms with Crippen molar-refractivity contribution in [2.24, 2.45) is 21.4 Å². The quantitative estimate of drug-likeness (QED) is 0.0890. The van der Waals surface area contributed by atoms with E-state index < -0.39 is 114 Å². The summed E-state index contributed by atoms with van der Waals surface area (Å²) in [5.74, 6) is -4.16. The van der Waals surface area contributed by atoms with E-state index in [-0.39, 0.29) is 6.61 Å². The molecule has 0 saturated carbocycles. The summed E-state index contributed by atoms with van der Waals surface area (Å²) in [5.41, 5.74) is 7.18. The van der Waals surface area contributed by atoms with Crippen LogP contribution in [0.25, 0.3) is 10.4 Å². The number of carbonyl (C=O) groups is 5. The zero-order valence-electron chi connectivity index (χ0n) is 34.0. The van der Waals surface area contributed by atoms with Crippen molar-refractivity contribution >= 4 is 29.8 Å². The summed E-state index contributed by atoms with van der Waals surface area (Å²) < 4.78 is 59.0. The average Bonchev–Trinajstić information content (AvgIpc) is 3.11. The molecular formula is C38H55N3O15. The Balaban J connectivity index is 2.25. The summed E-state index contributed by atoms with van der Waals surface area (Å²) in [6, 6.07) is 7.75. The second kappa shape index (κ2) is 19.2. The molecule has 0 N–H and O–H groups in total. The molecule has 2 aliphatic heterocycles. The largest absolute Gasteiger partial charge is 0.467 e. The smallest absolute Gasteiger partial charge is 0.339 e. The highest BCUT2D eigenvalue weighted by Crippen LogP contribution is 2.37. The van der Waals surface area contributed by atoms with E-state index in [0.717, 1.165) is 19.6 Å². The fraction of sp³-hybridized carbons (Fsp3) is 0.711. The summed E-state index contributed by atoms with van der Waals surface area (Å²) in [4.78, 5) is 69.1. The van der Waals surface area contributed by atoms with Crippen LogP contribution in [-0.2, 0) is 77.9 Å². The Morgan fingerprint density at radius 1 is 0.732 bits per heavy atom. The van der Waals surface area contributed by atoms with Crippen molar-refractivity contribution in [3.05, 3.63) is 46.3 Å². The van der Waals surface area contributed by atoms with Gasteiger partial charge in [0.05, 0.1) is 30.0 Å². The lowest BCUT2D eigenvalue weighted by atomic mass is 9.93. The summed E-state index contributed by atoms with van der Waals surface area (Å²) >= 11 is 0. The van der Waals surface area contributed by atoms with E-state index in [2.05, 4.69) is 10.0 Å². The van der Waals surface area contributed by atoms with E-state index in [0.29, 0.717) is 0 Å². The van der Waals surface area contributed by atoms with Gasteiger partial charge in [0, 0.05) is 18.9 Å². The van der Waals surface area contributed by atoms with E-state index in [9.17, 15) is 29.5 Å². The topological polar surface area (TPSA) is 226 Å². The zero-order valence-corrected chi connectivity index (χ0v) is 34.0. The minimum absolute atomic E-state index is 0.0475. The van der Waals surface area contributed by atoms with Crippen LogP contribution in [-0.4, -0.2) is 112 Å². The predicted molar refractivity (Wildman–Crippen MR) is 194 cm³/mol. The number of benzene rings is 1. The van der Waals surface area contributed by atoms with Gasteiger partial charge < -0.3 is 47.4 Å². The minimum Gasteiger partial charge on any atom is -0.467 e. The van der Waals surface area contributed by atoms with Crippen molar-refractivity contribution in [2.75, 3.05) is 20.8 Å². The van der Waals surface area contributed by atoms with Crippen LogP contribution < -0.4 is 0 Å². The molecule has 3 rings (SSSR count). The second-order valence-corrected chi connectivity index (χ2v) is 16.4. The monoisotopic (exact) mass is 793 g/mol. The van der Waals surface area contributed by atoms with Crippen LogP contribution >= 0.6 is 0 Å². The van der Waals surface area contributed by atoms with Crippen molar-refractivity contribution in [3.63, 3.8) is 0 Å². The fourth-order valence-corrected chi connectivity index (χ4v) is 5.46. The molecule has 56 heavy (non-hydrogen) atoms. The van der Waals surface area contributed by atoms with E-state index in [1.807, 2.05) is 6.07 Å². The Kier molecular flexibility index (Phi) is 15.8. The van der Waals surface area contributed by atoms with Gasteiger partial charge in [-0.25, -0.2) is 4.79 Å². The molecule has 10 atom stereocenters. The van der Waals surface area contributed by atoms with Gasteiger partial charge in [0.1, 0.15) is 31.0 Å².